The first kappa shape index (κ1) is 18.6. The maximum absolute atomic E-state index is 13.1. The second-order valence-corrected chi connectivity index (χ2v) is 6.54. The van der Waals surface area contributed by atoms with Gasteiger partial charge in [-0.1, -0.05) is 25.4 Å². The number of carbonyl (C=O) groups is 1. The number of halogens is 4. The number of hydrogen-bond donors (Lipinski definition) is 1. The molecule has 0 amide bonds. The average molecular weight is 365 g/mol. The summed E-state index contributed by atoms with van der Waals surface area (Å²) in [6.45, 7) is 3.95. The molecule has 8 heteroatoms. The van der Waals surface area contributed by atoms with Crippen molar-refractivity contribution in [1.82, 2.24) is 0 Å². The van der Waals surface area contributed by atoms with Crippen molar-refractivity contribution >= 4 is 23.6 Å². The molecule has 1 aromatic carbocycles. The molecule has 4 nitrogen and oxygen atoms in total. The molecule has 0 radical (unpaired) electrons. The Kier molecular flexibility index (Phi) is 4.88. The van der Waals surface area contributed by atoms with Gasteiger partial charge in [-0.25, -0.2) is 4.79 Å². The molecule has 0 fully saturated rings. The molecule has 1 N–H and O–H groups in total. The van der Waals surface area contributed by atoms with E-state index in [-0.39, 0.29) is 11.3 Å². The van der Waals surface area contributed by atoms with Crippen molar-refractivity contribution in [3.8, 4) is 5.75 Å². The summed E-state index contributed by atoms with van der Waals surface area (Å²) in [4.78, 5) is 11.1. The molecular weight excluding hydrogens is 349 g/mol. The lowest BCUT2D eigenvalue weighted by Crippen LogP contribution is -2.40. The van der Waals surface area contributed by atoms with Gasteiger partial charge in [-0.3, -0.25) is 0 Å². The minimum absolute atomic E-state index is 0.0640. The Labute approximate surface area is 141 Å². The van der Waals surface area contributed by atoms with Crippen molar-refractivity contribution in [3.05, 3.63) is 33.9 Å². The largest absolute Gasteiger partial charge is 0.478 e. The SMILES string of the molecule is COCC(C)(C)c1cc2c(cc1Cl)C=C(C(=O)O)C(C(F)(F)F)O2. The van der Waals surface area contributed by atoms with Crippen LogP contribution in [0.4, 0.5) is 13.2 Å². The molecular formula is C16H16ClF3O4. The average Bonchev–Trinajstić information content (AvgIpc) is 2.43. The van der Waals surface area contributed by atoms with Gasteiger partial charge in [0, 0.05) is 23.1 Å². The van der Waals surface area contributed by atoms with E-state index in [0.717, 1.165) is 6.08 Å². The molecule has 1 atom stereocenters. The number of carboxylic acid groups (broad SMARTS) is 1. The molecule has 132 valence electrons. The first-order chi connectivity index (χ1) is 11.0. The quantitative estimate of drug-likeness (QED) is 0.875. The van der Waals surface area contributed by atoms with Gasteiger partial charge in [0.15, 0.2) is 0 Å². The van der Waals surface area contributed by atoms with E-state index in [4.69, 9.17) is 26.2 Å². The zero-order valence-corrected chi connectivity index (χ0v) is 14.0. The van der Waals surface area contributed by atoms with E-state index in [0.29, 0.717) is 17.2 Å². The summed E-state index contributed by atoms with van der Waals surface area (Å²) in [6.07, 6.45) is -6.43. The lowest BCUT2D eigenvalue weighted by molar-refractivity contribution is -0.187. The molecule has 1 aliphatic rings. The number of ether oxygens (including phenoxy) is 2. The van der Waals surface area contributed by atoms with Crippen LogP contribution >= 0.6 is 11.6 Å². The van der Waals surface area contributed by atoms with Gasteiger partial charge in [0.1, 0.15) is 5.75 Å². The summed E-state index contributed by atoms with van der Waals surface area (Å²) in [6, 6.07) is 2.81. The van der Waals surface area contributed by atoms with Crippen LogP contribution in [-0.4, -0.2) is 37.1 Å². The minimum Gasteiger partial charge on any atom is -0.478 e. The standard InChI is InChI=1S/C16H16ClF3O4/c1-15(2,7-23-3)10-6-12-8(5-11(10)17)4-9(14(21)22)13(24-12)16(18,19)20/h4-6,13H,7H2,1-3H3,(H,21,22). The van der Waals surface area contributed by atoms with Crippen LogP contribution < -0.4 is 4.74 Å². The topological polar surface area (TPSA) is 55.8 Å². The molecule has 0 saturated heterocycles. The Bertz CT molecular complexity index is 695. The number of hydrogen-bond acceptors (Lipinski definition) is 3. The van der Waals surface area contributed by atoms with E-state index in [2.05, 4.69) is 0 Å². The lowest BCUT2D eigenvalue weighted by Gasteiger charge is -2.30. The highest BCUT2D eigenvalue weighted by atomic mass is 35.5. The third kappa shape index (κ3) is 3.52. The Morgan fingerprint density at radius 1 is 1.38 bits per heavy atom. The van der Waals surface area contributed by atoms with Crippen molar-refractivity contribution in [1.29, 1.82) is 0 Å². The van der Waals surface area contributed by atoms with Gasteiger partial charge in [-0.15, -0.1) is 0 Å². The third-order valence-electron chi connectivity index (χ3n) is 3.72. The first-order valence-electron chi connectivity index (χ1n) is 6.98. The van der Waals surface area contributed by atoms with Crippen molar-refractivity contribution in [2.24, 2.45) is 0 Å². The van der Waals surface area contributed by atoms with Gasteiger partial charge in [0.25, 0.3) is 0 Å². The second-order valence-electron chi connectivity index (χ2n) is 6.13. The van der Waals surface area contributed by atoms with Crippen LogP contribution in [0.5, 0.6) is 5.75 Å². The Hall–Kier alpha value is -1.73. The zero-order chi connectivity index (χ0) is 18.3. The molecule has 0 bridgehead atoms. The fourth-order valence-electron chi connectivity index (χ4n) is 2.59. The first-order valence-corrected chi connectivity index (χ1v) is 7.36. The Balaban J connectivity index is 2.57. The zero-order valence-electron chi connectivity index (χ0n) is 13.2. The van der Waals surface area contributed by atoms with Crippen LogP contribution in [0.2, 0.25) is 5.02 Å². The van der Waals surface area contributed by atoms with E-state index < -0.39 is 29.2 Å². The summed E-state index contributed by atoms with van der Waals surface area (Å²) in [5.41, 5.74) is -0.697. The summed E-state index contributed by atoms with van der Waals surface area (Å²) in [5.74, 6) is -1.76. The van der Waals surface area contributed by atoms with Gasteiger partial charge < -0.3 is 14.6 Å². The fraction of sp³-hybridized carbons (Fsp3) is 0.438. The van der Waals surface area contributed by atoms with Crippen molar-refractivity contribution in [3.63, 3.8) is 0 Å². The smallest absolute Gasteiger partial charge is 0.430 e. The molecule has 1 aliphatic heterocycles. The van der Waals surface area contributed by atoms with Crippen LogP contribution in [-0.2, 0) is 14.9 Å². The molecule has 1 unspecified atom stereocenters. The third-order valence-corrected chi connectivity index (χ3v) is 4.03. The number of rotatable bonds is 4. The number of aliphatic carboxylic acids is 1. The number of carboxylic acids is 1. The van der Waals surface area contributed by atoms with Gasteiger partial charge in [0.05, 0.1) is 12.2 Å². The maximum Gasteiger partial charge on any atom is 0.430 e. The lowest BCUT2D eigenvalue weighted by atomic mass is 9.84. The van der Waals surface area contributed by atoms with Crippen molar-refractivity contribution in [2.75, 3.05) is 13.7 Å². The number of benzene rings is 1. The van der Waals surface area contributed by atoms with Crippen LogP contribution in [0.15, 0.2) is 17.7 Å². The molecule has 1 aromatic rings. The normalized spacial score (nSPS) is 17.8. The summed E-state index contributed by atoms with van der Waals surface area (Å²) >= 11 is 6.23. The van der Waals surface area contributed by atoms with Gasteiger partial charge in [-0.05, 0) is 23.8 Å². The molecule has 2 rings (SSSR count). The number of methoxy groups -OCH3 is 1. The predicted molar refractivity (Wildman–Crippen MR) is 82.4 cm³/mol. The van der Waals surface area contributed by atoms with Gasteiger partial charge in [-0.2, -0.15) is 13.2 Å². The predicted octanol–water partition coefficient (Wildman–Crippen LogP) is 4.06. The second kappa shape index (κ2) is 6.29. The van der Waals surface area contributed by atoms with E-state index in [1.54, 1.807) is 0 Å². The molecule has 0 aromatic heterocycles. The van der Waals surface area contributed by atoms with E-state index in [9.17, 15) is 18.0 Å². The van der Waals surface area contributed by atoms with E-state index in [1.165, 1.54) is 19.2 Å². The highest BCUT2D eigenvalue weighted by Crippen LogP contribution is 2.42. The van der Waals surface area contributed by atoms with E-state index in [1.807, 2.05) is 13.8 Å². The van der Waals surface area contributed by atoms with Crippen LogP contribution in [0.1, 0.15) is 25.0 Å². The summed E-state index contributed by atoms with van der Waals surface area (Å²) in [7, 11) is 1.51. The fourth-order valence-corrected chi connectivity index (χ4v) is 3.02. The summed E-state index contributed by atoms with van der Waals surface area (Å²) < 4.78 is 49.4. The molecule has 0 spiro atoms. The van der Waals surface area contributed by atoms with Crippen LogP contribution in [0.3, 0.4) is 0 Å². The minimum atomic E-state index is -4.84. The number of alkyl halides is 3. The van der Waals surface area contributed by atoms with Crippen LogP contribution in [0, 0.1) is 0 Å². The van der Waals surface area contributed by atoms with Crippen LogP contribution in [0.25, 0.3) is 6.08 Å². The highest BCUT2D eigenvalue weighted by molar-refractivity contribution is 6.31. The highest BCUT2D eigenvalue weighted by Gasteiger charge is 2.48. The van der Waals surface area contributed by atoms with Crippen molar-refractivity contribution < 1.29 is 32.5 Å². The van der Waals surface area contributed by atoms with Crippen molar-refractivity contribution in [2.45, 2.75) is 31.5 Å². The molecule has 24 heavy (non-hydrogen) atoms. The van der Waals surface area contributed by atoms with Gasteiger partial charge in [0.2, 0.25) is 6.10 Å². The Morgan fingerprint density at radius 2 is 2.00 bits per heavy atom. The monoisotopic (exact) mass is 364 g/mol. The van der Waals surface area contributed by atoms with E-state index >= 15 is 0 Å². The summed E-state index contributed by atoms with van der Waals surface area (Å²) in [5, 5.41) is 9.32. The molecule has 1 heterocycles. The molecule has 0 saturated carbocycles. The number of fused-ring (bicyclic) bond motifs is 1. The Morgan fingerprint density at radius 3 is 2.50 bits per heavy atom. The van der Waals surface area contributed by atoms with Gasteiger partial charge >= 0.3 is 12.1 Å². The molecule has 0 aliphatic carbocycles. The maximum atomic E-state index is 13.1.